The molecule has 1 fully saturated rings. The number of piperidine rings is 1. The molecule has 1 aromatic heterocycles. The van der Waals surface area contributed by atoms with Gasteiger partial charge in [0.2, 0.25) is 10.0 Å². The van der Waals surface area contributed by atoms with Crippen LogP contribution in [-0.4, -0.2) is 68.7 Å². The lowest BCUT2D eigenvalue weighted by atomic mass is 10.0. The van der Waals surface area contributed by atoms with Crippen molar-refractivity contribution in [3.63, 3.8) is 0 Å². The van der Waals surface area contributed by atoms with Crippen LogP contribution in [0.2, 0.25) is 0 Å². The topological polar surface area (TPSA) is 128 Å². The van der Waals surface area contributed by atoms with Gasteiger partial charge in [-0.05, 0) is 61.6 Å². The van der Waals surface area contributed by atoms with E-state index in [1.165, 1.54) is 47.0 Å². The van der Waals surface area contributed by atoms with Crippen molar-refractivity contribution in [1.82, 2.24) is 19.8 Å². The van der Waals surface area contributed by atoms with Gasteiger partial charge in [0, 0.05) is 43.7 Å². The number of carbonyl (C=O) groups excluding carboxylic acids is 3. The highest BCUT2D eigenvalue weighted by Crippen LogP contribution is 2.37. The smallest absolute Gasteiger partial charge is 0.321 e. The van der Waals surface area contributed by atoms with Gasteiger partial charge in [0.05, 0.1) is 10.5 Å². The second-order valence-electron chi connectivity index (χ2n) is 9.43. The number of urea groups is 1. The Kier molecular flexibility index (Phi) is 8.32. The summed E-state index contributed by atoms with van der Waals surface area (Å²) in [5, 5.41) is 7.86. The Morgan fingerprint density at radius 1 is 1.05 bits per heavy atom. The van der Waals surface area contributed by atoms with Gasteiger partial charge in [-0.3, -0.25) is 19.8 Å². The fraction of sp³-hybridized carbons (Fsp3) is 0.480. The van der Waals surface area contributed by atoms with Crippen LogP contribution in [0.3, 0.4) is 0 Å². The molecule has 0 atom stereocenters. The molecule has 0 bridgehead atoms. The molecule has 4 rings (SSSR count). The molecule has 0 spiro atoms. The summed E-state index contributed by atoms with van der Waals surface area (Å²) in [5.74, 6) is -0.529. The molecule has 0 saturated carbocycles. The Morgan fingerprint density at radius 2 is 1.73 bits per heavy atom. The molecule has 1 aromatic carbocycles. The Bertz CT molecular complexity index is 1280. The number of thiophene rings is 1. The SMILES string of the molecule is CCN1CCc2c(sc(NC(=O)c3ccc(S(=O)(=O)N4CCC(C)CC4)cc3)c2C(=O)NC(=O)NC)C1. The van der Waals surface area contributed by atoms with Crippen LogP contribution in [-0.2, 0) is 23.0 Å². The van der Waals surface area contributed by atoms with Gasteiger partial charge in [-0.25, -0.2) is 13.2 Å². The third kappa shape index (κ3) is 5.87. The lowest BCUT2D eigenvalue weighted by Crippen LogP contribution is -2.38. The summed E-state index contributed by atoms with van der Waals surface area (Å²) >= 11 is 1.32. The third-order valence-corrected chi connectivity index (χ3v) is 10.0. The van der Waals surface area contributed by atoms with Gasteiger partial charge >= 0.3 is 6.03 Å². The first-order valence-corrected chi connectivity index (χ1v) is 14.7. The average molecular weight is 548 g/mol. The summed E-state index contributed by atoms with van der Waals surface area (Å²) < 4.78 is 27.5. The fourth-order valence-corrected chi connectivity index (χ4v) is 7.36. The average Bonchev–Trinajstić information content (AvgIpc) is 3.25. The number of benzene rings is 1. The highest BCUT2D eigenvalue weighted by Gasteiger charge is 2.30. The number of nitrogens with one attached hydrogen (secondary N) is 3. The number of hydrogen-bond donors (Lipinski definition) is 3. The van der Waals surface area contributed by atoms with Crippen LogP contribution >= 0.6 is 11.3 Å². The van der Waals surface area contributed by atoms with Gasteiger partial charge in [-0.1, -0.05) is 13.8 Å². The Hall–Kier alpha value is -2.80. The molecule has 200 valence electrons. The highest BCUT2D eigenvalue weighted by molar-refractivity contribution is 7.89. The molecule has 2 aromatic rings. The van der Waals surface area contributed by atoms with E-state index in [-0.39, 0.29) is 10.5 Å². The van der Waals surface area contributed by atoms with Crippen LogP contribution in [0.25, 0.3) is 0 Å². The first-order chi connectivity index (χ1) is 17.6. The minimum absolute atomic E-state index is 0.149. The second-order valence-corrected chi connectivity index (χ2v) is 12.5. The first kappa shape index (κ1) is 27.2. The van der Waals surface area contributed by atoms with E-state index in [1.807, 2.05) is 0 Å². The number of rotatable bonds is 6. The number of nitrogens with zero attached hydrogens (tertiary/aromatic N) is 2. The summed E-state index contributed by atoms with van der Waals surface area (Å²) in [4.78, 5) is 41.2. The van der Waals surface area contributed by atoms with Crippen molar-refractivity contribution in [1.29, 1.82) is 0 Å². The standard InChI is InChI=1S/C25H33N5O5S2/c1-4-29-12-11-19-20(15-29)36-24(21(19)23(32)28-25(33)26-3)27-22(31)17-5-7-18(8-6-17)37(34,35)30-13-9-16(2)10-14-30/h5-8,16H,4,9-15H2,1-3H3,(H,27,31)(H2,26,28,32,33). The number of imide groups is 1. The minimum Gasteiger partial charge on any atom is -0.341 e. The maximum atomic E-state index is 13.1. The van der Waals surface area contributed by atoms with E-state index in [4.69, 9.17) is 0 Å². The second kappa shape index (κ2) is 11.3. The molecule has 0 radical (unpaired) electrons. The van der Waals surface area contributed by atoms with Crippen LogP contribution in [0, 0.1) is 5.92 Å². The Labute approximate surface area is 221 Å². The normalized spacial score (nSPS) is 17.2. The van der Waals surface area contributed by atoms with Gasteiger partial charge in [0.25, 0.3) is 11.8 Å². The largest absolute Gasteiger partial charge is 0.341 e. The molecule has 10 nitrogen and oxygen atoms in total. The summed E-state index contributed by atoms with van der Waals surface area (Å²) in [5.41, 5.74) is 1.40. The van der Waals surface area contributed by atoms with Crippen molar-refractivity contribution in [2.45, 2.75) is 44.6 Å². The number of carbonyl (C=O) groups is 3. The third-order valence-electron chi connectivity index (χ3n) is 6.99. The Morgan fingerprint density at radius 3 is 2.35 bits per heavy atom. The summed E-state index contributed by atoms with van der Waals surface area (Å²) in [6, 6.07) is 5.21. The number of hydrogen-bond acceptors (Lipinski definition) is 7. The maximum absolute atomic E-state index is 13.1. The molecule has 12 heteroatoms. The van der Waals surface area contributed by atoms with Crippen LogP contribution in [0.5, 0.6) is 0 Å². The van der Waals surface area contributed by atoms with E-state index in [0.29, 0.717) is 42.5 Å². The summed E-state index contributed by atoms with van der Waals surface area (Å²) in [6.45, 7) is 7.47. The minimum atomic E-state index is -3.62. The Balaban J connectivity index is 1.55. The summed E-state index contributed by atoms with van der Waals surface area (Å²) in [7, 11) is -2.20. The van der Waals surface area contributed by atoms with Gasteiger partial charge in [0.1, 0.15) is 5.00 Å². The number of anilines is 1. The number of fused-ring (bicyclic) bond motifs is 1. The van der Waals surface area contributed by atoms with E-state index in [1.54, 1.807) is 0 Å². The van der Waals surface area contributed by atoms with Crippen molar-refractivity contribution in [2.75, 3.05) is 38.5 Å². The lowest BCUT2D eigenvalue weighted by molar-refractivity contribution is 0.0964. The van der Waals surface area contributed by atoms with Crippen molar-refractivity contribution >= 4 is 44.2 Å². The molecule has 1 saturated heterocycles. The number of sulfonamides is 1. The lowest BCUT2D eigenvalue weighted by Gasteiger charge is -2.29. The van der Waals surface area contributed by atoms with Crippen LogP contribution < -0.4 is 16.0 Å². The van der Waals surface area contributed by atoms with Crippen molar-refractivity contribution in [3.05, 3.63) is 45.8 Å². The predicted molar refractivity (Wildman–Crippen MR) is 142 cm³/mol. The molecule has 3 N–H and O–H groups in total. The molecule has 2 aliphatic rings. The van der Waals surface area contributed by atoms with E-state index in [0.717, 1.165) is 36.4 Å². The maximum Gasteiger partial charge on any atom is 0.321 e. The van der Waals surface area contributed by atoms with Crippen molar-refractivity contribution < 1.29 is 22.8 Å². The van der Waals surface area contributed by atoms with E-state index in [9.17, 15) is 22.8 Å². The van der Waals surface area contributed by atoms with Crippen LogP contribution in [0.1, 0.15) is 57.8 Å². The quantitative estimate of drug-likeness (QED) is 0.510. The fourth-order valence-electron chi connectivity index (χ4n) is 4.61. The molecule has 0 unspecified atom stereocenters. The predicted octanol–water partition coefficient (Wildman–Crippen LogP) is 2.87. The zero-order valence-corrected chi connectivity index (χ0v) is 22.9. The highest BCUT2D eigenvalue weighted by atomic mass is 32.2. The first-order valence-electron chi connectivity index (χ1n) is 12.5. The van der Waals surface area contributed by atoms with Gasteiger partial charge in [-0.15, -0.1) is 11.3 Å². The number of amides is 4. The van der Waals surface area contributed by atoms with E-state index in [2.05, 4.69) is 34.7 Å². The monoisotopic (exact) mass is 547 g/mol. The molecular weight excluding hydrogens is 514 g/mol. The zero-order valence-electron chi connectivity index (χ0n) is 21.3. The molecule has 4 amide bonds. The molecule has 37 heavy (non-hydrogen) atoms. The van der Waals surface area contributed by atoms with Gasteiger partial charge < -0.3 is 10.6 Å². The van der Waals surface area contributed by atoms with Crippen molar-refractivity contribution in [3.8, 4) is 0 Å². The van der Waals surface area contributed by atoms with Crippen LogP contribution in [0.15, 0.2) is 29.2 Å². The van der Waals surface area contributed by atoms with E-state index >= 15 is 0 Å². The van der Waals surface area contributed by atoms with E-state index < -0.39 is 27.9 Å². The van der Waals surface area contributed by atoms with Gasteiger partial charge in [0.15, 0.2) is 0 Å². The van der Waals surface area contributed by atoms with Gasteiger partial charge in [-0.2, -0.15) is 4.31 Å². The molecule has 0 aliphatic carbocycles. The molecular formula is C25H33N5O5S2. The molecule has 2 aliphatic heterocycles. The van der Waals surface area contributed by atoms with Crippen LogP contribution in [0.4, 0.5) is 9.80 Å². The molecule has 3 heterocycles. The summed E-state index contributed by atoms with van der Waals surface area (Å²) in [6.07, 6.45) is 2.29. The number of likely N-dealkylation sites (N-methyl/N-ethyl adjacent to an activating group) is 1. The zero-order chi connectivity index (χ0) is 26.7. The van der Waals surface area contributed by atoms with Crippen molar-refractivity contribution in [2.24, 2.45) is 5.92 Å².